The van der Waals surface area contributed by atoms with E-state index in [0.717, 1.165) is 25.1 Å². The molecule has 18 heavy (non-hydrogen) atoms. The normalized spacial score (nSPS) is 18.6. The van der Waals surface area contributed by atoms with Crippen LogP contribution < -0.4 is 5.32 Å². The summed E-state index contributed by atoms with van der Waals surface area (Å²) < 4.78 is 0. The second kappa shape index (κ2) is 6.41. The number of amides is 1. The lowest BCUT2D eigenvalue weighted by atomic mass is 10.1. The van der Waals surface area contributed by atoms with E-state index in [2.05, 4.69) is 5.32 Å². The van der Waals surface area contributed by atoms with Gasteiger partial charge >= 0.3 is 0 Å². The molecule has 2 rings (SSSR count). The van der Waals surface area contributed by atoms with Gasteiger partial charge in [-0.05, 0) is 38.1 Å². The fraction of sp³-hybridized carbons (Fsp3) is 0.462. The fourth-order valence-corrected chi connectivity index (χ4v) is 2.36. The van der Waals surface area contributed by atoms with Crippen LogP contribution in [-0.2, 0) is 0 Å². The molecule has 1 aliphatic rings. The molecule has 1 N–H and O–H groups in total. The van der Waals surface area contributed by atoms with Crippen LogP contribution in [0.1, 0.15) is 22.3 Å². The SMILES string of the molecule is CNC1CCN(C(=O)c2cccc(Cl)c2C)C1.Cl. The number of nitrogens with zero attached hydrogens (tertiary/aromatic N) is 1. The number of likely N-dealkylation sites (N-methyl/N-ethyl adjacent to an activating group) is 1. The third kappa shape index (κ3) is 2.97. The minimum Gasteiger partial charge on any atom is -0.337 e. The van der Waals surface area contributed by atoms with Crippen LogP contribution in [-0.4, -0.2) is 37.0 Å². The van der Waals surface area contributed by atoms with Crippen LogP contribution in [0.25, 0.3) is 0 Å². The molecule has 1 saturated heterocycles. The zero-order valence-electron chi connectivity index (χ0n) is 10.6. The Kier molecular flexibility index (Phi) is 5.45. The van der Waals surface area contributed by atoms with Gasteiger partial charge in [0, 0.05) is 29.7 Å². The van der Waals surface area contributed by atoms with Gasteiger partial charge in [-0.1, -0.05) is 17.7 Å². The Hall–Kier alpha value is -0.770. The molecular weight excluding hydrogens is 271 g/mol. The van der Waals surface area contributed by atoms with E-state index in [4.69, 9.17) is 11.6 Å². The first-order valence-corrected chi connectivity index (χ1v) is 6.23. The Morgan fingerprint density at radius 3 is 2.83 bits per heavy atom. The standard InChI is InChI=1S/C13H17ClN2O.ClH/c1-9-11(4-3-5-12(9)14)13(17)16-7-6-10(8-16)15-2;/h3-5,10,15H,6-8H2,1-2H3;1H. The molecule has 1 unspecified atom stereocenters. The molecule has 1 aliphatic heterocycles. The van der Waals surface area contributed by atoms with Crippen molar-refractivity contribution in [3.63, 3.8) is 0 Å². The molecule has 1 fully saturated rings. The average Bonchev–Trinajstić information content (AvgIpc) is 2.80. The van der Waals surface area contributed by atoms with E-state index < -0.39 is 0 Å². The molecule has 3 nitrogen and oxygen atoms in total. The predicted octanol–water partition coefficient (Wildman–Crippen LogP) is 2.50. The minimum absolute atomic E-state index is 0. The molecule has 0 aromatic heterocycles. The van der Waals surface area contributed by atoms with Crippen molar-refractivity contribution in [1.29, 1.82) is 0 Å². The van der Waals surface area contributed by atoms with Gasteiger partial charge in [0.2, 0.25) is 0 Å². The number of nitrogens with one attached hydrogen (secondary N) is 1. The van der Waals surface area contributed by atoms with Crippen LogP contribution in [0.3, 0.4) is 0 Å². The van der Waals surface area contributed by atoms with E-state index in [9.17, 15) is 4.79 Å². The van der Waals surface area contributed by atoms with E-state index in [1.807, 2.05) is 37.1 Å². The number of hydrogen-bond donors (Lipinski definition) is 1. The molecule has 0 saturated carbocycles. The first kappa shape index (κ1) is 15.3. The van der Waals surface area contributed by atoms with E-state index in [1.54, 1.807) is 0 Å². The summed E-state index contributed by atoms with van der Waals surface area (Å²) in [7, 11) is 1.93. The highest BCUT2D eigenvalue weighted by atomic mass is 35.5. The maximum Gasteiger partial charge on any atom is 0.254 e. The molecule has 100 valence electrons. The average molecular weight is 289 g/mol. The van der Waals surface area contributed by atoms with Gasteiger partial charge in [0.05, 0.1) is 0 Å². The number of likely N-dealkylation sites (tertiary alicyclic amines) is 1. The Bertz CT molecular complexity index is 437. The van der Waals surface area contributed by atoms with Crippen molar-refractivity contribution in [1.82, 2.24) is 10.2 Å². The van der Waals surface area contributed by atoms with Crippen molar-refractivity contribution in [2.45, 2.75) is 19.4 Å². The summed E-state index contributed by atoms with van der Waals surface area (Å²) in [6.07, 6.45) is 1.02. The molecule has 0 spiro atoms. The first-order valence-electron chi connectivity index (χ1n) is 5.85. The second-order valence-corrected chi connectivity index (χ2v) is 4.85. The van der Waals surface area contributed by atoms with Gasteiger partial charge in [0.25, 0.3) is 5.91 Å². The van der Waals surface area contributed by atoms with Crippen LogP contribution in [0.5, 0.6) is 0 Å². The Morgan fingerprint density at radius 1 is 1.50 bits per heavy atom. The Labute approximate surface area is 119 Å². The fourth-order valence-electron chi connectivity index (χ4n) is 2.19. The van der Waals surface area contributed by atoms with Gasteiger partial charge in [-0.15, -0.1) is 12.4 Å². The van der Waals surface area contributed by atoms with E-state index in [0.29, 0.717) is 16.6 Å². The predicted molar refractivity (Wildman–Crippen MR) is 76.8 cm³/mol. The number of halogens is 2. The van der Waals surface area contributed by atoms with Gasteiger partial charge in [-0.3, -0.25) is 4.79 Å². The molecule has 1 aromatic rings. The number of carbonyl (C=O) groups is 1. The van der Waals surface area contributed by atoms with Crippen molar-refractivity contribution >= 4 is 29.9 Å². The molecule has 0 radical (unpaired) electrons. The van der Waals surface area contributed by atoms with Crippen LogP contribution in [0.15, 0.2) is 18.2 Å². The van der Waals surface area contributed by atoms with Crippen molar-refractivity contribution < 1.29 is 4.79 Å². The molecule has 0 bridgehead atoms. The monoisotopic (exact) mass is 288 g/mol. The zero-order chi connectivity index (χ0) is 12.4. The Morgan fingerprint density at radius 2 is 2.22 bits per heavy atom. The summed E-state index contributed by atoms with van der Waals surface area (Å²) in [5, 5.41) is 3.86. The Balaban J connectivity index is 0.00000162. The smallest absolute Gasteiger partial charge is 0.254 e. The van der Waals surface area contributed by atoms with Gasteiger partial charge in [0.15, 0.2) is 0 Å². The van der Waals surface area contributed by atoms with E-state index in [-0.39, 0.29) is 18.3 Å². The van der Waals surface area contributed by atoms with Gasteiger partial charge in [0.1, 0.15) is 0 Å². The lowest BCUT2D eigenvalue weighted by molar-refractivity contribution is 0.0789. The summed E-state index contributed by atoms with van der Waals surface area (Å²) in [4.78, 5) is 14.2. The first-order chi connectivity index (χ1) is 8.13. The van der Waals surface area contributed by atoms with Crippen LogP contribution in [0.2, 0.25) is 5.02 Å². The molecule has 5 heteroatoms. The number of benzene rings is 1. The van der Waals surface area contributed by atoms with Crippen molar-refractivity contribution in [2.24, 2.45) is 0 Å². The quantitative estimate of drug-likeness (QED) is 0.907. The van der Waals surface area contributed by atoms with Crippen LogP contribution >= 0.6 is 24.0 Å². The summed E-state index contributed by atoms with van der Waals surface area (Å²) in [6.45, 7) is 3.48. The maximum atomic E-state index is 12.3. The van der Waals surface area contributed by atoms with Gasteiger partial charge in [-0.2, -0.15) is 0 Å². The zero-order valence-corrected chi connectivity index (χ0v) is 12.1. The number of carbonyl (C=O) groups excluding carboxylic acids is 1. The van der Waals surface area contributed by atoms with Crippen LogP contribution in [0.4, 0.5) is 0 Å². The summed E-state index contributed by atoms with van der Waals surface area (Å²) in [5.41, 5.74) is 1.58. The lowest BCUT2D eigenvalue weighted by Crippen LogP contribution is -2.33. The van der Waals surface area contributed by atoms with Crippen molar-refractivity contribution in [2.75, 3.05) is 20.1 Å². The summed E-state index contributed by atoms with van der Waals surface area (Å²) >= 11 is 6.04. The van der Waals surface area contributed by atoms with Crippen LogP contribution in [0, 0.1) is 6.92 Å². The molecule has 1 atom stereocenters. The lowest BCUT2D eigenvalue weighted by Gasteiger charge is -2.18. The minimum atomic E-state index is 0. The highest BCUT2D eigenvalue weighted by Crippen LogP contribution is 2.21. The highest BCUT2D eigenvalue weighted by molar-refractivity contribution is 6.31. The summed E-state index contributed by atoms with van der Waals surface area (Å²) in [5.74, 6) is 0.0859. The third-order valence-electron chi connectivity index (χ3n) is 3.38. The van der Waals surface area contributed by atoms with Crippen molar-refractivity contribution in [3.8, 4) is 0 Å². The van der Waals surface area contributed by atoms with Gasteiger partial charge in [-0.25, -0.2) is 0 Å². The largest absolute Gasteiger partial charge is 0.337 e. The molecule has 0 aliphatic carbocycles. The molecule has 1 amide bonds. The number of hydrogen-bond acceptors (Lipinski definition) is 2. The molecule has 1 aromatic carbocycles. The topological polar surface area (TPSA) is 32.3 Å². The van der Waals surface area contributed by atoms with Crippen molar-refractivity contribution in [3.05, 3.63) is 34.3 Å². The highest BCUT2D eigenvalue weighted by Gasteiger charge is 2.26. The maximum absolute atomic E-state index is 12.3. The van der Waals surface area contributed by atoms with Gasteiger partial charge < -0.3 is 10.2 Å². The molecule has 1 heterocycles. The second-order valence-electron chi connectivity index (χ2n) is 4.44. The van der Waals surface area contributed by atoms with E-state index in [1.165, 1.54) is 0 Å². The third-order valence-corrected chi connectivity index (χ3v) is 3.79. The number of rotatable bonds is 2. The van der Waals surface area contributed by atoms with E-state index >= 15 is 0 Å². The molecular formula is C13H18Cl2N2O. The summed E-state index contributed by atoms with van der Waals surface area (Å²) in [6, 6.07) is 5.90.